The summed E-state index contributed by atoms with van der Waals surface area (Å²) in [5.74, 6) is 0.973. The van der Waals surface area contributed by atoms with Crippen molar-refractivity contribution >= 4 is 15.9 Å². The summed E-state index contributed by atoms with van der Waals surface area (Å²) in [6, 6.07) is 7.19. The average molecular weight is 266 g/mol. The van der Waals surface area contributed by atoms with Crippen LogP contribution in [0.1, 0.15) is 36.4 Å². The lowest BCUT2D eigenvalue weighted by Gasteiger charge is -2.13. The number of nitrogens with one attached hydrogen (secondary N) is 1. The molecule has 0 bridgehead atoms. The standard InChI is InChI=1S/C13H16BrN/c14-12-3-1-2-11-10(12)6-7-13(11)15-8-9-4-5-9/h1-3,9,13,15H,4-8H2. The molecule has 2 heteroatoms. The second-order valence-corrected chi connectivity index (χ2v) is 5.60. The third kappa shape index (κ3) is 1.98. The van der Waals surface area contributed by atoms with Crippen LogP contribution in [0.4, 0.5) is 0 Å². The van der Waals surface area contributed by atoms with Crippen molar-refractivity contribution in [1.82, 2.24) is 5.32 Å². The van der Waals surface area contributed by atoms with E-state index in [0.717, 1.165) is 5.92 Å². The van der Waals surface area contributed by atoms with Gasteiger partial charge >= 0.3 is 0 Å². The first-order valence-electron chi connectivity index (χ1n) is 5.85. The van der Waals surface area contributed by atoms with Crippen LogP contribution >= 0.6 is 15.9 Å². The van der Waals surface area contributed by atoms with E-state index < -0.39 is 0 Å². The minimum Gasteiger partial charge on any atom is -0.310 e. The molecular weight excluding hydrogens is 250 g/mol. The zero-order valence-electron chi connectivity index (χ0n) is 8.80. The normalized spacial score (nSPS) is 24.2. The molecule has 1 atom stereocenters. The summed E-state index contributed by atoms with van der Waals surface area (Å²) in [6.07, 6.45) is 5.36. The third-order valence-corrected chi connectivity index (χ3v) is 4.31. The molecule has 2 aliphatic carbocycles. The molecule has 0 spiro atoms. The van der Waals surface area contributed by atoms with E-state index in [1.54, 1.807) is 0 Å². The van der Waals surface area contributed by atoms with Gasteiger partial charge in [-0.15, -0.1) is 0 Å². The Morgan fingerprint density at radius 3 is 2.93 bits per heavy atom. The molecule has 1 nitrogen and oxygen atoms in total. The summed E-state index contributed by atoms with van der Waals surface area (Å²) >= 11 is 3.64. The Kier molecular flexibility index (Phi) is 2.57. The molecule has 0 heterocycles. The van der Waals surface area contributed by atoms with Crippen molar-refractivity contribution in [3.63, 3.8) is 0 Å². The van der Waals surface area contributed by atoms with E-state index in [4.69, 9.17) is 0 Å². The second kappa shape index (κ2) is 3.91. The van der Waals surface area contributed by atoms with Crippen LogP contribution in [-0.4, -0.2) is 6.54 Å². The molecule has 1 aromatic rings. The maximum atomic E-state index is 3.71. The molecule has 0 saturated heterocycles. The fourth-order valence-electron chi connectivity index (χ4n) is 2.45. The van der Waals surface area contributed by atoms with E-state index >= 15 is 0 Å². The number of fused-ring (bicyclic) bond motifs is 1. The third-order valence-electron chi connectivity index (χ3n) is 3.56. The molecule has 1 aromatic carbocycles. The Hall–Kier alpha value is -0.340. The fourth-order valence-corrected chi connectivity index (χ4v) is 3.03. The summed E-state index contributed by atoms with van der Waals surface area (Å²) in [5, 5.41) is 3.71. The van der Waals surface area contributed by atoms with Crippen molar-refractivity contribution in [2.45, 2.75) is 31.7 Å². The highest BCUT2D eigenvalue weighted by molar-refractivity contribution is 9.10. The molecule has 0 radical (unpaired) electrons. The number of hydrogen-bond donors (Lipinski definition) is 1. The number of hydrogen-bond acceptors (Lipinski definition) is 1. The van der Waals surface area contributed by atoms with Gasteiger partial charge in [0, 0.05) is 10.5 Å². The van der Waals surface area contributed by atoms with E-state index in [0.29, 0.717) is 6.04 Å². The fraction of sp³-hybridized carbons (Fsp3) is 0.538. The Morgan fingerprint density at radius 2 is 2.13 bits per heavy atom. The number of benzene rings is 1. The van der Waals surface area contributed by atoms with Crippen LogP contribution < -0.4 is 5.32 Å². The Bertz CT molecular complexity index is 371. The maximum Gasteiger partial charge on any atom is 0.0326 e. The predicted octanol–water partition coefficient (Wildman–Crippen LogP) is 3.44. The van der Waals surface area contributed by atoms with E-state index in [9.17, 15) is 0 Å². The molecular formula is C13H16BrN. The first kappa shape index (κ1) is 9.86. The summed E-state index contributed by atoms with van der Waals surface area (Å²) in [5.41, 5.74) is 3.04. The molecule has 1 fully saturated rings. The van der Waals surface area contributed by atoms with Gasteiger partial charge in [0.2, 0.25) is 0 Å². The molecule has 80 valence electrons. The quantitative estimate of drug-likeness (QED) is 0.883. The number of rotatable bonds is 3. The van der Waals surface area contributed by atoms with Gasteiger partial charge in [0.1, 0.15) is 0 Å². The minimum absolute atomic E-state index is 0.609. The minimum atomic E-state index is 0.609. The van der Waals surface area contributed by atoms with Crippen LogP contribution in [0.15, 0.2) is 22.7 Å². The van der Waals surface area contributed by atoms with Crippen molar-refractivity contribution in [3.05, 3.63) is 33.8 Å². The van der Waals surface area contributed by atoms with Gasteiger partial charge in [0.25, 0.3) is 0 Å². The summed E-state index contributed by atoms with van der Waals surface area (Å²) in [4.78, 5) is 0. The lowest BCUT2D eigenvalue weighted by atomic mass is 10.1. The molecule has 1 unspecified atom stereocenters. The van der Waals surface area contributed by atoms with E-state index in [1.807, 2.05) is 0 Å². The second-order valence-electron chi connectivity index (χ2n) is 4.75. The van der Waals surface area contributed by atoms with Crippen molar-refractivity contribution in [2.75, 3.05) is 6.54 Å². The van der Waals surface area contributed by atoms with Gasteiger partial charge in [-0.05, 0) is 55.3 Å². The van der Waals surface area contributed by atoms with Crippen LogP contribution in [0.5, 0.6) is 0 Å². The first-order chi connectivity index (χ1) is 7.34. The molecule has 2 aliphatic rings. The van der Waals surface area contributed by atoms with Crippen LogP contribution in [0.25, 0.3) is 0 Å². The van der Waals surface area contributed by atoms with Gasteiger partial charge in [-0.25, -0.2) is 0 Å². The average Bonchev–Trinajstić information content (AvgIpc) is 2.97. The van der Waals surface area contributed by atoms with Gasteiger partial charge in [-0.2, -0.15) is 0 Å². The van der Waals surface area contributed by atoms with Crippen molar-refractivity contribution in [1.29, 1.82) is 0 Å². The van der Waals surface area contributed by atoms with Gasteiger partial charge in [0.15, 0.2) is 0 Å². The molecule has 15 heavy (non-hydrogen) atoms. The zero-order valence-corrected chi connectivity index (χ0v) is 10.4. The van der Waals surface area contributed by atoms with Gasteiger partial charge in [-0.1, -0.05) is 28.1 Å². The Balaban J connectivity index is 1.75. The highest BCUT2D eigenvalue weighted by atomic mass is 79.9. The van der Waals surface area contributed by atoms with Crippen LogP contribution in [-0.2, 0) is 6.42 Å². The lowest BCUT2D eigenvalue weighted by Crippen LogP contribution is -2.21. The van der Waals surface area contributed by atoms with E-state index in [2.05, 4.69) is 39.4 Å². The molecule has 0 aromatic heterocycles. The highest BCUT2D eigenvalue weighted by Gasteiger charge is 2.26. The molecule has 0 amide bonds. The van der Waals surface area contributed by atoms with E-state index in [-0.39, 0.29) is 0 Å². The number of halogens is 1. The molecule has 0 aliphatic heterocycles. The predicted molar refractivity (Wildman–Crippen MR) is 65.9 cm³/mol. The van der Waals surface area contributed by atoms with Crippen molar-refractivity contribution in [3.8, 4) is 0 Å². The van der Waals surface area contributed by atoms with Crippen LogP contribution in [0.3, 0.4) is 0 Å². The summed E-state index contributed by atoms with van der Waals surface area (Å²) < 4.78 is 1.29. The maximum absolute atomic E-state index is 3.71. The Labute approximate surface area is 99.4 Å². The van der Waals surface area contributed by atoms with Crippen LogP contribution in [0.2, 0.25) is 0 Å². The van der Waals surface area contributed by atoms with Crippen LogP contribution in [0, 0.1) is 5.92 Å². The van der Waals surface area contributed by atoms with Gasteiger partial charge < -0.3 is 5.32 Å². The zero-order chi connectivity index (χ0) is 10.3. The SMILES string of the molecule is Brc1cccc2c1CCC2NCC1CC1. The van der Waals surface area contributed by atoms with Crippen molar-refractivity contribution < 1.29 is 0 Å². The van der Waals surface area contributed by atoms with Crippen molar-refractivity contribution in [2.24, 2.45) is 5.92 Å². The summed E-state index contributed by atoms with van der Waals surface area (Å²) in [6.45, 7) is 1.22. The van der Waals surface area contributed by atoms with Gasteiger partial charge in [-0.3, -0.25) is 0 Å². The first-order valence-corrected chi connectivity index (χ1v) is 6.64. The van der Waals surface area contributed by atoms with E-state index in [1.165, 1.54) is 47.8 Å². The lowest BCUT2D eigenvalue weighted by molar-refractivity contribution is 0.512. The summed E-state index contributed by atoms with van der Waals surface area (Å²) in [7, 11) is 0. The molecule has 3 rings (SSSR count). The smallest absolute Gasteiger partial charge is 0.0326 e. The largest absolute Gasteiger partial charge is 0.310 e. The molecule has 1 saturated carbocycles. The monoisotopic (exact) mass is 265 g/mol. The molecule has 1 N–H and O–H groups in total. The Morgan fingerprint density at radius 1 is 1.27 bits per heavy atom. The van der Waals surface area contributed by atoms with Gasteiger partial charge in [0.05, 0.1) is 0 Å². The topological polar surface area (TPSA) is 12.0 Å². The highest BCUT2D eigenvalue weighted by Crippen LogP contribution is 2.36.